The van der Waals surface area contributed by atoms with Gasteiger partial charge in [0.15, 0.2) is 4.34 Å². The minimum atomic E-state index is 0.131. The summed E-state index contributed by atoms with van der Waals surface area (Å²) in [6.07, 6.45) is 0. The number of benzene rings is 1. The van der Waals surface area contributed by atoms with Crippen LogP contribution in [0, 0.1) is 6.92 Å². The summed E-state index contributed by atoms with van der Waals surface area (Å²) < 4.78 is 4.83. The lowest BCUT2D eigenvalue weighted by Gasteiger charge is -2.36. The van der Waals surface area contributed by atoms with E-state index in [1.165, 1.54) is 10.3 Å². The molecule has 0 radical (unpaired) electrons. The van der Waals surface area contributed by atoms with Crippen molar-refractivity contribution < 1.29 is 0 Å². The quantitative estimate of drug-likeness (QED) is 0.731. The van der Waals surface area contributed by atoms with Crippen LogP contribution in [0.25, 0.3) is 10.2 Å². The maximum Gasteiger partial charge on any atom is 0.166 e. The standard InChI is InChI=1S/C15H22N2S2/c1-10(2)17(15(4,5)6)19-14-16-13-11(3)8-7-9-12(13)18-14/h7-10H,1-6H3. The van der Waals surface area contributed by atoms with Crippen LogP contribution in [0.2, 0.25) is 0 Å². The van der Waals surface area contributed by atoms with Crippen molar-refractivity contribution in [2.75, 3.05) is 0 Å². The molecule has 1 aromatic heterocycles. The van der Waals surface area contributed by atoms with Crippen LogP contribution in [0.4, 0.5) is 0 Å². The van der Waals surface area contributed by atoms with E-state index in [2.05, 4.69) is 64.0 Å². The molecule has 0 bridgehead atoms. The lowest BCUT2D eigenvalue weighted by Crippen LogP contribution is -2.40. The van der Waals surface area contributed by atoms with Crippen LogP contribution in [0.1, 0.15) is 40.2 Å². The number of thiazole rings is 1. The molecule has 2 nitrogen and oxygen atoms in total. The number of hydrogen-bond donors (Lipinski definition) is 0. The monoisotopic (exact) mass is 294 g/mol. The predicted octanol–water partition coefficient (Wildman–Crippen LogP) is 5.12. The summed E-state index contributed by atoms with van der Waals surface area (Å²) in [6.45, 7) is 13.3. The van der Waals surface area contributed by atoms with E-state index in [9.17, 15) is 0 Å². The van der Waals surface area contributed by atoms with Gasteiger partial charge in [0.1, 0.15) is 0 Å². The largest absolute Gasteiger partial charge is 0.237 e. The summed E-state index contributed by atoms with van der Waals surface area (Å²) in [7, 11) is 0. The van der Waals surface area contributed by atoms with Gasteiger partial charge in [-0.25, -0.2) is 9.29 Å². The summed E-state index contributed by atoms with van der Waals surface area (Å²) >= 11 is 3.56. The molecule has 19 heavy (non-hydrogen) atoms. The van der Waals surface area contributed by atoms with Crippen LogP contribution in [-0.2, 0) is 0 Å². The van der Waals surface area contributed by atoms with E-state index in [1.54, 1.807) is 23.3 Å². The fourth-order valence-electron chi connectivity index (χ4n) is 2.21. The summed E-state index contributed by atoms with van der Waals surface area (Å²) in [5, 5.41) is 0. The highest BCUT2D eigenvalue weighted by Gasteiger charge is 2.26. The van der Waals surface area contributed by atoms with Gasteiger partial charge in [0.2, 0.25) is 0 Å². The van der Waals surface area contributed by atoms with Gasteiger partial charge in [-0.05, 0) is 65.1 Å². The first-order valence-corrected chi connectivity index (χ1v) is 8.21. The van der Waals surface area contributed by atoms with Crippen molar-refractivity contribution in [2.24, 2.45) is 0 Å². The number of aryl methyl sites for hydroxylation is 1. The highest BCUT2D eigenvalue weighted by Crippen LogP contribution is 2.37. The number of aromatic nitrogens is 1. The molecule has 0 unspecified atom stereocenters. The fraction of sp³-hybridized carbons (Fsp3) is 0.533. The molecule has 4 heteroatoms. The Labute approximate surface area is 124 Å². The Morgan fingerprint density at radius 2 is 1.95 bits per heavy atom. The maximum absolute atomic E-state index is 4.79. The van der Waals surface area contributed by atoms with Gasteiger partial charge in [0.25, 0.3) is 0 Å². The van der Waals surface area contributed by atoms with Crippen LogP contribution < -0.4 is 0 Å². The highest BCUT2D eigenvalue weighted by atomic mass is 32.2. The third-order valence-corrected chi connectivity index (χ3v) is 5.61. The molecule has 0 atom stereocenters. The Morgan fingerprint density at radius 3 is 2.47 bits per heavy atom. The van der Waals surface area contributed by atoms with Crippen LogP contribution in [0.3, 0.4) is 0 Å². The van der Waals surface area contributed by atoms with Crippen molar-refractivity contribution in [3.63, 3.8) is 0 Å². The van der Waals surface area contributed by atoms with Crippen LogP contribution in [0.15, 0.2) is 22.5 Å². The second-order valence-electron chi connectivity index (χ2n) is 6.08. The molecule has 1 heterocycles. The molecule has 0 amide bonds. The number of fused-ring (bicyclic) bond motifs is 1. The molecular weight excluding hydrogens is 272 g/mol. The van der Waals surface area contributed by atoms with Crippen molar-refractivity contribution in [1.82, 2.24) is 9.29 Å². The SMILES string of the molecule is Cc1cccc2sc(SN(C(C)C)C(C)(C)C)nc12. The highest BCUT2D eigenvalue weighted by molar-refractivity contribution is 7.99. The second kappa shape index (κ2) is 5.43. The minimum absolute atomic E-state index is 0.131. The van der Waals surface area contributed by atoms with Gasteiger partial charge in [-0.1, -0.05) is 12.1 Å². The molecular formula is C15H22N2S2. The Kier molecular flexibility index (Phi) is 4.23. The average molecular weight is 294 g/mol. The van der Waals surface area contributed by atoms with Gasteiger partial charge < -0.3 is 0 Å². The van der Waals surface area contributed by atoms with E-state index < -0.39 is 0 Å². The van der Waals surface area contributed by atoms with Gasteiger partial charge in [0, 0.05) is 11.6 Å². The molecule has 104 valence electrons. The summed E-state index contributed by atoms with van der Waals surface area (Å²) in [4.78, 5) is 4.79. The molecule has 0 aliphatic carbocycles. The van der Waals surface area contributed by atoms with Gasteiger partial charge in [-0.15, -0.1) is 11.3 Å². The Balaban J connectivity index is 2.32. The number of nitrogens with zero attached hydrogens (tertiary/aromatic N) is 2. The Morgan fingerprint density at radius 1 is 1.26 bits per heavy atom. The molecule has 1 aromatic carbocycles. The van der Waals surface area contributed by atoms with Gasteiger partial charge in [-0.3, -0.25) is 0 Å². The van der Waals surface area contributed by atoms with E-state index in [4.69, 9.17) is 4.98 Å². The molecule has 0 saturated heterocycles. The number of hydrogen-bond acceptors (Lipinski definition) is 4. The third kappa shape index (κ3) is 3.30. The van der Waals surface area contributed by atoms with E-state index in [0.717, 1.165) is 9.86 Å². The molecule has 2 rings (SSSR count). The smallest absolute Gasteiger partial charge is 0.166 e. The fourth-order valence-corrected chi connectivity index (χ4v) is 4.43. The summed E-state index contributed by atoms with van der Waals surface area (Å²) in [6, 6.07) is 6.87. The van der Waals surface area contributed by atoms with E-state index in [0.29, 0.717) is 6.04 Å². The maximum atomic E-state index is 4.79. The van der Waals surface area contributed by atoms with Crippen LogP contribution in [-0.4, -0.2) is 20.9 Å². The number of rotatable bonds is 3. The lowest BCUT2D eigenvalue weighted by molar-refractivity contribution is 0.231. The summed E-state index contributed by atoms with van der Waals surface area (Å²) in [5.41, 5.74) is 2.53. The molecule has 0 N–H and O–H groups in total. The molecule has 0 aliphatic rings. The topological polar surface area (TPSA) is 16.1 Å². The molecule has 2 aromatic rings. The third-order valence-electron chi connectivity index (χ3n) is 2.91. The predicted molar refractivity (Wildman–Crippen MR) is 86.9 cm³/mol. The van der Waals surface area contributed by atoms with E-state index in [1.807, 2.05) is 0 Å². The molecule has 0 aliphatic heterocycles. The summed E-state index contributed by atoms with van der Waals surface area (Å²) in [5.74, 6) is 0. The van der Waals surface area contributed by atoms with E-state index >= 15 is 0 Å². The van der Waals surface area contributed by atoms with Gasteiger partial charge in [-0.2, -0.15) is 0 Å². The van der Waals surface area contributed by atoms with Crippen molar-refractivity contribution in [1.29, 1.82) is 0 Å². The zero-order chi connectivity index (χ0) is 14.2. The second-order valence-corrected chi connectivity index (χ2v) is 8.33. The van der Waals surface area contributed by atoms with Crippen molar-refractivity contribution in [2.45, 2.75) is 57.5 Å². The Hall–Kier alpha value is -0.580. The van der Waals surface area contributed by atoms with Crippen molar-refractivity contribution in [3.8, 4) is 0 Å². The first-order chi connectivity index (χ1) is 8.79. The van der Waals surface area contributed by atoms with Gasteiger partial charge in [0.05, 0.1) is 10.2 Å². The average Bonchev–Trinajstić information content (AvgIpc) is 2.68. The number of para-hydroxylation sites is 1. The molecule has 0 spiro atoms. The first-order valence-electron chi connectivity index (χ1n) is 6.62. The minimum Gasteiger partial charge on any atom is -0.237 e. The van der Waals surface area contributed by atoms with Crippen molar-refractivity contribution >= 4 is 33.5 Å². The van der Waals surface area contributed by atoms with E-state index in [-0.39, 0.29) is 5.54 Å². The van der Waals surface area contributed by atoms with Crippen LogP contribution in [0.5, 0.6) is 0 Å². The zero-order valence-corrected chi connectivity index (χ0v) is 14.2. The molecule has 0 saturated carbocycles. The first kappa shape index (κ1) is 14.8. The zero-order valence-electron chi connectivity index (χ0n) is 12.5. The normalized spacial score (nSPS) is 12.8. The van der Waals surface area contributed by atoms with Gasteiger partial charge >= 0.3 is 0 Å². The lowest BCUT2D eigenvalue weighted by atomic mass is 10.1. The Bertz CT molecular complexity index is 567. The van der Waals surface area contributed by atoms with Crippen LogP contribution >= 0.6 is 23.3 Å². The van der Waals surface area contributed by atoms with Crippen molar-refractivity contribution in [3.05, 3.63) is 23.8 Å². The molecule has 0 fully saturated rings.